The Labute approximate surface area is 246 Å². The fourth-order valence-corrected chi connectivity index (χ4v) is 5.48. The maximum Gasteiger partial charge on any atom is 0.261 e. The summed E-state index contributed by atoms with van der Waals surface area (Å²) in [6.07, 6.45) is 24.9. The monoisotopic (exact) mass is 600 g/mol. The van der Waals surface area contributed by atoms with Gasteiger partial charge in [0.25, 0.3) is 10.1 Å². The summed E-state index contributed by atoms with van der Waals surface area (Å²) in [6.45, 7) is 4.82. The van der Waals surface area contributed by atoms with Crippen LogP contribution in [0.15, 0.2) is 0 Å². The van der Waals surface area contributed by atoms with Crippen LogP contribution in [0, 0.1) is 0 Å². The summed E-state index contributed by atoms with van der Waals surface area (Å²) in [7, 11) is 4.62. The highest BCUT2D eigenvalue weighted by Gasteiger charge is 2.15. The van der Waals surface area contributed by atoms with Crippen LogP contribution in [0.5, 0.6) is 0 Å². The van der Waals surface area contributed by atoms with Gasteiger partial charge in [-0.3, -0.25) is 4.55 Å². The summed E-state index contributed by atoms with van der Waals surface area (Å²) in [5.74, 6) is 1.52. The summed E-state index contributed by atoms with van der Waals surface area (Å²) >= 11 is -0.742. The van der Waals surface area contributed by atoms with Gasteiger partial charge in [-0.25, -0.2) is 0 Å². The van der Waals surface area contributed by atoms with Gasteiger partial charge in [0, 0.05) is 26.6 Å². The van der Waals surface area contributed by atoms with Gasteiger partial charge in [0.15, 0.2) is 0 Å². The third-order valence-electron chi connectivity index (χ3n) is 6.65. The second-order valence-electron chi connectivity index (χ2n) is 12.0. The van der Waals surface area contributed by atoms with Crippen molar-refractivity contribution < 1.29 is 31.5 Å². The van der Waals surface area contributed by atoms with E-state index in [2.05, 4.69) is 28.1 Å². The first-order valence-electron chi connectivity index (χ1n) is 15.6. The molecule has 1 N–H and O–H groups in total. The molecule has 0 aromatic carbocycles. The van der Waals surface area contributed by atoms with Gasteiger partial charge in [0.05, 0.1) is 46.7 Å². The van der Waals surface area contributed by atoms with Crippen LogP contribution in [-0.4, -0.2) is 93.9 Å². The molecule has 7 nitrogen and oxygen atoms in total. The first kappa shape index (κ1) is 41.2. The number of ether oxygens (including phenoxy) is 2. The van der Waals surface area contributed by atoms with Gasteiger partial charge < -0.3 is 18.5 Å². The Kier molecular flexibility index (Phi) is 29.8. The standard InChI is InChI=1S/C29H62NO3S.CH4O3S/c1-6-7-8-9-10-11-12-13-14-15-16-17-18-19-20-21-25-33-28-29(32-5)23-27-34(31)26-22-24-30(2,3)4;1-5(2,3)4/h29H,6-28H2,1-5H3;1H3,(H,2,3,4)/q+1;. The zero-order valence-electron chi connectivity index (χ0n) is 26.6. The minimum absolute atomic E-state index is 0.0726. The van der Waals surface area contributed by atoms with Crippen molar-refractivity contribution in [1.29, 1.82) is 0 Å². The third-order valence-corrected chi connectivity index (χ3v) is 8.08. The van der Waals surface area contributed by atoms with Crippen molar-refractivity contribution in [3.63, 3.8) is 0 Å². The highest BCUT2D eigenvalue weighted by Crippen LogP contribution is 2.14. The molecule has 0 radical (unpaired) electrons. The van der Waals surface area contributed by atoms with Crippen LogP contribution in [0.4, 0.5) is 0 Å². The highest BCUT2D eigenvalue weighted by atomic mass is 32.2. The molecule has 0 aromatic rings. The summed E-state index contributed by atoms with van der Waals surface area (Å²) in [5, 5.41) is 0. The normalized spacial score (nSPS) is 13.6. The highest BCUT2D eigenvalue weighted by molar-refractivity contribution is 7.91. The molecule has 0 saturated heterocycles. The van der Waals surface area contributed by atoms with E-state index in [0.29, 0.717) is 12.9 Å². The van der Waals surface area contributed by atoms with E-state index in [9.17, 15) is 13.0 Å². The average molecular weight is 601 g/mol. The lowest BCUT2D eigenvalue weighted by molar-refractivity contribution is -0.870. The zero-order chi connectivity index (χ0) is 29.8. The first-order valence-corrected chi connectivity index (χ1v) is 18.9. The molecule has 2 atom stereocenters. The molecule has 0 spiro atoms. The van der Waals surface area contributed by atoms with Crippen molar-refractivity contribution in [2.24, 2.45) is 0 Å². The summed E-state index contributed by atoms with van der Waals surface area (Å²) in [4.78, 5) is 0. The number of hydrogen-bond donors (Lipinski definition) is 1. The Morgan fingerprint density at radius 3 is 1.56 bits per heavy atom. The summed E-state index contributed by atoms with van der Waals surface area (Å²) in [6, 6.07) is 0. The molecule has 238 valence electrons. The molecule has 0 aliphatic carbocycles. The van der Waals surface area contributed by atoms with E-state index < -0.39 is 21.3 Å². The minimum Gasteiger partial charge on any atom is -0.616 e. The van der Waals surface area contributed by atoms with E-state index in [1.165, 1.54) is 96.3 Å². The van der Waals surface area contributed by atoms with Gasteiger partial charge >= 0.3 is 0 Å². The minimum atomic E-state index is -3.67. The molecule has 0 aromatic heterocycles. The number of quaternary nitrogens is 1. The van der Waals surface area contributed by atoms with Crippen molar-refractivity contribution >= 4 is 21.3 Å². The van der Waals surface area contributed by atoms with Crippen LogP contribution < -0.4 is 0 Å². The molecule has 0 heterocycles. The number of nitrogens with zero attached hydrogens (tertiary/aromatic N) is 1. The second-order valence-corrected chi connectivity index (χ2v) is 15.1. The molecule has 0 aliphatic heterocycles. The molecule has 39 heavy (non-hydrogen) atoms. The maximum absolute atomic E-state index is 12.2. The fraction of sp³-hybridized carbons (Fsp3) is 1.00. The lowest BCUT2D eigenvalue weighted by atomic mass is 10.0. The molecular formula is C30H66NO6S2+. The largest absolute Gasteiger partial charge is 0.616 e. The van der Waals surface area contributed by atoms with Crippen molar-refractivity contribution in [2.45, 2.75) is 129 Å². The molecule has 9 heteroatoms. The van der Waals surface area contributed by atoms with E-state index in [1.807, 2.05) is 0 Å². The molecule has 0 amide bonds. The van der Waals surface area contributed by atoms with Gasteiger partial charge in [0.1, 0.15) is 11.5 Å². The van der Waals surface area contributed by atoms with Gasteiger partial charge in [0.2, 0.25) is 0 Å². The topological polar surface area (TPSA) is 95.9 Å². The van der Waals surface area contributed by atoms with E-state index in [-0.39, 0.29) is 6.10 Å². The van der Waals surface area contributed by atoms with E-state index in [4.69, 9.17) is 14.0 Å². The average Bonchev–Trinajstić information content (AvgIpc) is 2.83. The second kappa shape index (κ2) is 28.2. The van der Waals surface area contributed by atoms with Crippen molar-refractivity contribution in [1.82, 2.24) is 0 Å². The SMILES string of the molecule is CCCCCCCCCCCCCCCCCCOCC(CC[S+]([O-])CCC[N+](C)(C)C)OC.CS(=O)(=O)O. The summed E-state index contributed by atoms with van der Waals surface area (Å²) < 4.78 is 50.4. The number of unbranched alkanes of at least 4 members (excludes halogenated alkanes) is 15. The van der Waals surface area contributed by atoms with Crippen molar-refractivity contribution in [3.05, 3.63) is 0 Å². The van der Waals surface area contributed by atoms with Crippen molar-refractivity contribution in [2.75, 3.05) is 65.8 Å². The third kappa shape index (κ3) is 42.7. The lowest BCUT2D eigenvalue weighted by Crippen LogP contribution is -2.36. The molecule has 0 fully saturated rings. The smallest absolute Gasteiger partial charge is 0.261 e. The van der Waals surface area contributed by atoms with Gasteiger partial charge in [-0.1, -0.05) is 114 Å². The van der Waals surface area contributed by atoms with Gasteiger partial charge in [-0.2, -0.15) is 8.42 Å². The summed E-state index contributed by atoms with van der Waals surface area (Å²) in [5.41, 5.74) is 0. The van der Waals surface area contributed by atoms with Crippen LogP contribution in [0.25, 0.3) is 0 Å². The van der Waals surface area contributed by atoms with Crippen LogP contribution in [0.2, 0.25) is 0 Å². The molecule has 2 unspecified atom stereocenters. The zero-order valence-corrected chi connectivity index (χ0v) is 28.2. The predicted molar refractivity (Wildman–Crippen MR) is 169 cm³/mol. The number of methoxy groups -OCH3 is 1. The number of hydrogen-bond acceptors (Lipinski definition) is 5. The Morgan fingerprint density at radius 1 is 0.769 bits per heavy atom. The molecule has 0 rings (SSSR count). The van der Waals surface area contributed by atoms with Crippen LogP contribution in [0.1, 0.15) is 122 Å². The predicted octanol–water partition coefficient (Wildman–Crippen LogP) is 7.02. The Morgan fingerprint density at radius 2 is 1.18 bits per heavy atom. The first-order chi connectivity index (χ1) is 18.4. The Balaban J connectivity index is 0. The molecule has 0 aliphatic rings. The van der Waals surface area contributed by atoms with E-state index in [0.717, 1.165) is 48.4 Å². The van der Waals surface area contributed by atoms with E-state index >= 15 is 0 Å². The molecular weight excluding hydrogens is 534 g/mol. The van der Waals surface area contributed by atoms with Crippen LogP contribution in [0.3, 0.4) is 0 Å². The number of rotatable bonds is 27. The maximum atomic E-state index is 12.2. The lowest BCUT2D eigenvalue weighted by Gasteiger charge is -2.24. The molecule has 0 bridgehead atoms. The van der Waals surface area contributed by atoms with Crippen LogP contribution in [-0.2, 0) is 30.8 Å². The van der Waals surface area contributed by atoms with Crippen molar-refractivity contribution in [3.8, 4) is 0 Å². The quantitative estimate of drug-likeness (QED) is 0.0471. The van der Waals surface area contributed by atoms with Gasteiger partial charge in [-0.05, 0) is 6.42 Å². The Bertz CT molecular complexity index is 591. The van der Waals surface area contributed by atoms with E-state index in [1.54, 1.807) is 7.11 Å². The van der Waals surface area contributed by atoms with Crippen LogP contribution >= 0.6 is 0 Å². The Hall–Kier alpha value is 0.100. The fourth-order valence-electron chi connectivity index (χ4n) is 4.30. The molecule has 0 saturated carbocycles. The van der Waals surface area contributed by atoms with Gasteiger partial charge in [-0.15, -0.1) is 0 Å².